The van der Waals surface area contributed by atoms with Crippen LogP contribution in [0.25, 0.3) is 0 Å². The quantitative estimate of drug-likeness (QED) is 0.137. The number of carbonyl (C=O) groups excluding carboxylic acids is 2. The van der Waals surface area contributed by atoms with Crippen LogP contribution in [0, 0.1) is 13.8 Å². The van der Waals surface area contributed by atoms with Gasteiger partial charge in [0.15, 0.2) is 0 Å². The monoisotopic (exact) mass is 723 g/mol. The van der Waals surface area contributed by atoms with E-state index in [4.69, 9.17) is 11.6 Å². The molecule has 0 aliphatic rings. The first kappa shape index (κ1) is 35.2. The second-order valence-corrected chi connectivity index (χ2v) is 14.4. The van der Waals surface area contributed by atoms with Crippen molar-refractivity contribution >= 4 is 55.1 Å². The number of anilines is 1. The number of carbonyl (C=O) groups is 2. The van der Waals surface area contributed by atoms with E-state index in [2.05, 4.69) is 21.2 Å². The number of nitrogens with zero attached hydrogens (tertiary/aromatic N) is 2. The minimum absolute atomic E-state index is 0.0410. The van der Waals surface area contributed by atoms with E-state index in [1.165, 1.54) is 17.0 Å². The van der Waals surface area contributed by atoms with Crippen molar-refractivity contribution in [3.63, 3.8) is 0 Å². The fraction of sp³-hybridized carbons (Fsp3) is 0.278. The van der Waals surface area contributed by atoms with E-state index in [1.54, 1.807) is 30.3 Å². The van der Waals surface area contributed by atoms with Crippen LogP contribution in [-0.2, 0) is 32.6 Å². The Bertz CT molecular complexity index is 1750. The molecular formula is C36H39BrClN3O4S. The first-order valence-electron chi connectivity index (χ1n) is 15.2. The van der Waals surface area contributed by atoms with Crippen LogP contribution in [0.2, 0.25) is 5.02 Å². The van der Waals surface area contributed by atoms with Crippen LogP contribution < -0.4 is 9.62 Å². The third-order valence-electron chi connectivity index (χ3n) is 7.67. The van der Waals surface area contributed by atoms with Gasteiger partial charge in [-0.2, -0.15) is 0 Å². The predicted octanol–water partition coefficient (Wildman–Crippen LogP) is 7.47. The van der Waals surface area contributed by atoms with Crippen LogP contribution >= 0.6 is 27.5 Å². The van der Waals surface area contributed by atoms with Gasteiger partial charge in [-0.3, -0.25) is 13.9 Å². The van der Waals surface area contributed by atoms with Crippen LogP contribution in [-0.4, -0.2) is 44.3 Å². The molecule has 1 N–H and O–H groups in total. The number of nitrogens with one attached hydrogen (secondary N) is 1. The first-order chi connectivity index (χ1) is 22.0. The SMILES string of the molecule is CCCCNC(=O)C(Cc1ccccc1)N(Cc1cccc(Br)c1)C(=O)CN(c1ccc(C)c(Cl)c1)S(=O)(=O)c1ccc(C)cc1. The van der Waals surface area contributed by atoms with Crippen molar-refractivity contribution < 1.29 is 18.0 Å². The molecule has 0 bridgehead atoms. The van der Waals surface area contributed by atoms with Gasteiger partial charge >= 0.3 is 0 Å². The Morgan fingerprint density at radius 2 is 1.59 bits per heavy atom. The maximum Gasteiger partial charge on any atom is 0.264 e. The number of unbranched alkanes of at least 4 members (excludes halogenated alkanes) is 1. The van der Waals surface area contributed by atoms with Gasteiger partial charge in [0.25, 0.3) is 10.0 Å². The lowest BCUT2D eigenvalue weighted by molar-refractivity contribution is -0.140. The van der Waals surface area contributed by atoms with E-state index in [1.807, 2.05) is 75.4 Å². The molecule has 46 heavy (non-hydrogen) atoms. The Labute approximate surface area is 285 Å². The fourth-order valence-electron chi connectivity index (χ4n) is 5.00. The van der Waals surface area contributed by atoms with Crippen molar-refractivity contribution in [1.29, 1.82) is 0 Å². The second kappa shape index (κ2) is 16.3. The maximum absolute atomic E-state index is 14.6. The molecule has 2 amide bonds. The molecule has 0 spiro atoms. The van der Waals surface area contributed by atoms with E-state index in [0.717, 1.165) is 43.9 Å². The van der Waals surface area contributed by atoms with Crippen molar-refractivity contribution in [1.82, 2.24) is 10.2 Å². The molecule has 0 aliphatic heterocycles. The average Bonchev–Trinajstić information content (AvgIpc) is 3.03. The van der Waals surface area contributed by atoms with Gasteiger partial charge in [-0.1, -0.05) is 107 Å². The molecule has 0 saturated carbocycles. The highest BCUT2D eigenvalue weighted by Crippen LogP contribution is 2.29. The number of sulfonamides is 1. The van der Waals surface area contributed by atoms with E-state index in [-0.39, 0.29) is 29.5 Å². The molecule has 242 valence electrons. The molecule has 0 aromatic heterocycles. The number of aryl methyl sites for hydroxylation is 2. The van der Waals surface area contributed by atoms with Crippen LogP contribution in [0.1, 0.15) is 42.0 Å². The largest absolute Gasteiger partial charge is 0.354 e. The average molecular weight is 725 g/mol. The van der Waals surface area contributed by atoms with E-state index in [9.17, 15) is 18.0 Å². The Kier molecular flexibility index (Phi) is 12.4. The molecule has 4 aromatic carbocycles. The summed E-state index contributed by atoms with van der Waals surface area (Å²) in [5.74, 6) is -0.828. The highest BCUT2D eigenvalue weighted by Gasteiger charge is 2.34. The Morgan fingerprint density at radius 1 is 0.891 bits per heavy atom. The molecule has 0 heterocycles. The van der Waals surface area contributed by atoms with E-state index in [0.29, 0.717) is 11.6 Å². The molecule has 10 heteroatoms. The summed E-state index contributed by atoms with van der Waals surface area (Å²) in [6.45, 7) is 5.74. The third kappa shape index (κ3) is 9.21. The number of halogens is 2. The molecule has 1 unspecified atom stereocenters. The molecule has 0 saturated heterocycles. The number of hydrogen-bond acceptors (Lipinski definition) is 4. The van der Waals surface area contributed by atoms with Crippen molar-refractivity contribution in [2.75, 3.05) is 17.4 Å². The lowest BCUT2D eigenvalue weighted by atomic mass is 10.0. The Morgan fingerprint density at radius 3 is 2.24 bits per heavy atom. The second-order valence-electron chi connectivity index (χ2n) is 11.3. The summed E-state index contributed by atoms with van der Waals surface area (Å²) in [7, 11) is -4.21. The lowest BCUT2D eigenvalue weighted by Crippen LogP contribution is -2.53. The smallest absolute Gasteiger partial charge is 0.264 e. The fourth-order valence-corrected chi connectivity index (χ4v) is 7.02. The summed E-state index contributed by atoms with van der Waals surface area (Å²) in [6.07, 6.45) is 1.94. The minimum Gasteiger partial charge on any atom is -0.354 e. The number of rotatable bonds is 14. The van der Waals surface area contributed by atoms with Crippen molar-refractivity contribution in [3.05, 3.63) is 129 Å². The zero-order chi connectivity index (χ0) is 33.3. The van der Waals surface area contributed by atoms with Crippen molar-refractivity contribution in [3.8, 4) is 0 Å². The van der Waals surface area contributed by atoms with Crippen molar-refractivity contribution in [2.24, 2.45) is 0 Å². The Balaban J connectivity index is 1.81. The standard InChI is InChI=1S/C36H39BrClN3O4S/c1-4-5-20-39-36(43)34(22-28-10-7-6-8-11-28)40(24-29-12-9-13-30(37)21-29)35(42)25-41(31-17-16-27(3)33(38)23-31)46(44,45)32-18-14-26(2)15-19-32/h6-19,21,23,34H,4-5,20,22,24-25H2,1-3H3,(H,39,43). The van der Waals surface area contributed by atoms with Crippen molar-refractivity contribution in [2.45, 2.75) is 57.5 Å². The third-order valence-corrected chi connectivity index (χ3v) is 10.4. The summed E-state index contributed by atoms with van der Waals surface area (Å²) in [5, 5.41) is 3.38. The van der Waals surface area contributed by atoms with Crippen LogP contribution in [0.3, 0.4) is 0 Å². The van der Waals surface area contributed by atoms with Gasteiger partial charge in [0.05, 0.1) is 10.6 Å². The maximum atomic E-state index is 14.6. The lowest BCUT2D eigenvalue weighted by Gasteiger charge is -2.34. The molecular weight excluding hydrogens is 686 g/mol. The van der Waals surface area contributed by atoms with Gasteiger partial charge in [-0.15, -0.1) is 0 Å². The molecule has 4 rings (SSSR count). The predicted molar refractivity (Wildman–Crippen MR) is 188 cm³/mol. The molecule has 0 fully saturated rings. The number of benzene rings is 4. The molecule has 0 aliphatic carbocycles. The molecule has 7 nitrogen and oxygen atoms in total. The Hall–Kier alpha value is -3.66. The topological polar surface area (TPSA) is 86.8 Å². The van der Waals surface area contributed by atoms with Gasteiger partial charge in [-0.25, -0.2) is 8.42 Å². The van der Waals surface area contributed by atoms with Crippen LogP contribution in [0.5, 0.6) is 0 Å². The molecule has 0 radical (unpaired) electrons. The van der Waals surface area contributed by atoms with Gasteiger partial charge < -0.3 is 10.2 Å². The number of hydrogen-bond donors (Lipinski definition) is 1. The van der Waals surface area contributed by atoms with Gasteiger partial charge in [0, 0.05) is 29.0 Å². The summed E-state index contributed by atoms with van der Waals surface area (Å²) in [5.41, 5.74) is 3.58. The highest BCUT2D eigenvalue weighted by atomic mass is 79.9. The highest BCUT2D eigenvalue weighted by molar-refractivity contribution is 9.10. The summed E-state index contributed by atoms with van der Waals surface area (Å²) in [6, 6.07) is 27.5. The van der Waals surface area contributed by atoms with Crippen LogP contribution in [0.4, 0.5) is 5.69 Å². The van der Waals surface area contributed by atoms with Gasteiger partial charge in [-0.05, 0) is 73.4 Å². The first-order valence-corrected chi connectivity index (χ1v) is 17.8. The van der Waals surface area contributed by atoms with E-state index >= 15 is 0 Å². The van der Waals surface area contributed by atoms with Crippen LogP contribution in [0.15, 0.2) is 106 Å². The zero-order valence-corrected chi connectivity index (χ0v) is 29.4. The normalized spacial score (nSPS) is 11.9. The molecule has 4 aromatic rings. The summed E-state index contributed by atoms with van der Waals surface area (Å²) in [4.78, 5) is 29.9. The van der Waals surface area contributed by atoms with Gasteiger partial charge in [0.2, 0.25) is 11.8 Å². The number of amides is 2. The minimum atomic E-state index is -4.21. The van der Waals surface area contributed by atoms with Gasteiger partial charge in [0.1, 0.15) is 12.6 Å². The van der Waals surface area contributed by atoms with E-state index < -0.39 is 28.5 Å². The molecule has 1 atom stereocenters. The summed E-state index contributed by atoms with van der Waals surface area (Å²) >= 11 is 9.97. The zero-order valence-electron chi connectivity index (χ0n) is 26.2. The summed E-state index contributed by atoms with van der Waals surface area (Å²) < 4.78 is 30.3.